The summed E-state index contributed by atoms with van der Waals surface area (Å²) in [5.74, 6) is 0. The molecule has 0 heterocycles. The molecule has 0 bridgehead atoms. The van der Waals surface area contributed by atoms with E-state index < -0.39 is 0 Å². The molecule has 0 aromatic rings. The molecular formula is C16H31N. The van der Waals surface area contributed by atoms with E-state index >= 15 is 0 Å². The fourth-order valence-electron chi connectivity index (χ4n) is 2.60. The largest absolute Gasteiger partial charge is 0.328 e. The van der Waals surface area contributed by atoms with Crippen molar-refractivity contribution in [1.82, 2.24) is 0 Å². The molecule has 0 fully saturated rings. The van der Waals surface area contributed by atoms with Crippen molar-refractivity contribution in [3.63, 3.8) is 0 Å². The minimum Gasteiger partial charge on any atom is -0.328 e. The van der Waals surface area contributed by atoms with Crippen LogP contribution in [0.5, 0.6) is 0 Å². The van der Waals surface area contributed by atoms with E-state index in [0.717, 1.165) is 0 Å². The molecular weight excluding hydrogens is 206 g/mol. The molecule has 17 heavy (non-hydrogen) atoms. The zero-order valence-corrected chi connectivity index (χ0v) is 11.5. The molecule has 0 aromatic heterocycles. The van der Waals surface area contributed by atoms with Crippen LogP contribution in [0.25, 0.3) is 0 Å². The van der Waals surface area contributed by atoms with Crippen molar-refractivity contribution in [2.75, 3.05) is 0 Å². The van der Waals surface area contributed by atoms with Crippen LogP contribution in [0.15, 0.2) is 12.2 Å². The highest BCUT2D eigenvalue weighted by Crippen LogP contribution is 2.13. The van der Waals surface area contributed by atoms with E-state index in [2.05, 4.69) is 12.2 Å². The SMILES string of the molecule is NC1CCCCCC/C=C/CCCCCCC1. The van der Waals surface area contributed by atoms with E-state index in [1.54, 1.807) is 0 Å². The molecule has 1 nitrogen and oxygen atoms in total. The van der Waals surface area contributed by atoms with Gasteiger partial charge in [-0.2, -0.15) is 0 Å². The van der Waals surface area contributed by atoms with Gasteiger partial charge in [-0.1, -0.05) is 57.1 Å². The van der Waals surface area contributed by atoms with Crippen molar-refractivity contribution in [2.45, 2.75) is 89.5 Å². The van der Waals surface area contributed by atoms with Gasteiger partial charge in [0.2, 0.25) is 0 Å². The lowest BCUT2D eigenvalue weighted by molar-refractivity contribution is 0.486. The average molecular weight is 237 g/mol. The smallest absolute Gasteiger partial charge is 0.00388 e. The zero-order chi connectivity index (χ0) is 12.2. The quantitative estimate of drug-likeness (QED) is 0.592. The molecule has 1 rings (SSSR count). The van der Waals surface area contributed by atoms with Gasteiger partial charge in [0, 0.05) is 6.04 Å². The highest BCUT2D eigenvalue weighted by atomic mass is 14.6. The Morgan fingerprint density at radius 1 is 0.588 bits per heavy atom. The van der Waals surface area contributed by atoms with Gasteiger partial charge in [0.1, 0.15) is 0 Å². The van der Waals surface area contributed by atoms with Gasteiger partial charge in [-0.05, 0) is 38.5 Å². The molecule has 0 saturated heterocycles. The van der Waals surface area contributed by atoms with E-state index in [9.17, 15) is 0 Å². The summed E-state index contributed by atoms with van der Waals surface area (Å²) in [5, 5.41) is 0. The topological polar surface area (TPSA) is 26.0 Å². The minimum absolute atomic E-state index is 0.475. The first-order chi connectivity index (χ1) is 8.39. The van der Waals surface area contributed by atoms with Crippen LogP contribution in [0, 0.1) is 0 Å². The summed E-state index contributed by atoms with van der Waals surface area (Å²) < 4.78 is 0. The van der Waals surface area contributed by atoms with Crippen LogP contribution in [0.2, 0.25) is 0 Å². The number of rotatable bonds is 0. The van der Waals surface area contributed by atoms with Gasteiger partial charge in [-0.3, -0.25) is 0 Å². The van der Waals surface area contributed by atoms with Gasteiger partial charge < -0.3 is 5.73 Å². The zero-order valence-electron chi connectivity index (χ0n) is 11.5. The van der Waals surface area contributed by atoms with E-state index in [1.165, 1.54) is 83.5 Å². The second kappa shape index (κ2) is 10.8. The summed E-state index contributed by atoms with van der Waals surface area (Å²) in [6, 6.07) is 0.475. The fraction of sp³-hybridized carbons (Fsp3) is 0.875. The Morgan fingerprint density at radius 2 is 1.00 bits per heavy atom. The molecule has 0 aromatic carbocycles. The third-order valence-electron chi connectivity index (χ3n) is 3.81. The van der Waals surface area contributed by atoms with Crippen LogP contribution < -0.4 is 5.73 Å². The number of hydrogen-bond acceptors (Lipinski definition) is 1. The molecule has 1 atom stereocenters. The summed E-state index contributed by atoms with van der Waals surface area (Å²) in [6.07, 6.45) is 22.2. The lowest BCUT2D eigenvalue weighted by Crippen LogP contribution is -2.19. The van der Waals surface area contributed by atoms with Crippen molar-refractivity contribution >= 4 is 0 Å². The average Bonchev–Trinajstić information content (AvgIpc) is 2.32. The van der Waals surface area contributed by atoms with Crippen LogP contribution >= 0.6 is 0 Å². The van der Waals surface area contributed by atoms with Gasteiger partial charge in [-0.15, -0.1) is 0 Å². The molecule has 0 amide bonds. The maximum Gasteiger partial charge on any atom is 0.00388 e. The van der Waals surface area contributed by atoms with E-state index in [1.807, 2.05) is 0 Å². The Kier molecular flexibility index (Phi) is 9.40. The number of hydrogen-bond donors (Lipinski definition) is 1. The first-order valence-corrected chi connectivity index (χ1v) is 7.80. The Bertz CT molecular complexity index is 186. The maximum absolute atomic E-state index is 6.13. The van der Waals surface area contributed by atoms with Gasteiger partial charge in [0.15, 0.2) is 0 Å². The predicted octanol–water partition coefficient (Wildman–Crippen LogP) is 4.95. The van der Waals surface area contributed by atoms with Crippen LogP contribution in [-0.4, -0.2) is 6.04 Å². The third kappa shape index (κ3) is 9.41. The Labute approximate surface area is 108 Å². The lowest BCUT2D eigenvalue weighted by atomic mass is 10.0. The van der Waals surface area contributed by atoms with Crippen LogP contribution in [0.3, 0.4) is 0 Å². The highest BCUT2D eigenvalue weighted by molar-refractivity contribution is 4.81. The summed E-state index contributed by atoms with van der Waals surface area (Å²) in [7, 11) is 0. The minimum atomic E-state index is 0.475. The predicted molar refractivity (Wildman–Crippen MR) is 77.1 cm³/mol. The normalized spacial score (nSPS) is 28.6. The van der Waals surface area contributed by atoms with Crippen molar-refractivity contribution < 1.29 is 0 Å². The molecule has 1 unspecified atom stereocenters. The molecule has 0 saturated carbocycles. The second-order valence-corrected chi connectivity index (χ2v) is 5.57. The van der Waals surface area contributed by atoms with Crippen molar-refractivity contribution in [1.29, 1.82) is 0 Å². The summed E-state index contributed by atoms with van der Waals surface area (Å²) >= 11 is 0. The van der Waals surface area contributed by atoms with Gasteiger partial charge in [0.05, 0.1) is 0 Å². The van der Waals surface area contributed by atoms with Gasteiger partial charge in [0.25, 0.3) is 0 Å². The Hall–Kier alpha value is -0.300. The lowest BCUT2D eigenvalue weighted by Gasteiger charge is -2.11. The van der Waals surface area contributed by atoms with Crippen LogP contribution in [0.1, 0.15) is 83.5 Å². The Morgan fingerprint density at radius 3 is 1.53 bits per heavy atom. The second-order valence-electron chi connectivity index (χ2n) is 5.57. The molecule has 100 valence electrons. The summed E-state index contributed by atoms with van der Waals surface area (Å²) in [5.41, 5.74) is 6.13. The van der Waals surface area contributed by atoms with Crippen molar-refractivity contribution in [2.24, 2.45) is 5.73 Å². The van der Waals surface area contributed by atoms with Crippen LogP contribution in [0.4, 0.5) is 0 Å². The number of nitrogens with two attached hydrogens (primary N) is 1. The molecule has 1 aliphatic carbocycles. The van der Waals surface area contributed by atoms with Crippen molar-refractivity contribution in [3.8, 4) is 0 Å². The molecule has 0 spiro atoms. The standard InChI is InChI=1S/C16H31N/c17-16-14-12-10-8-6-4-2-1-3-5-7-9-11-13-15-16/h1-2,16H,3-15,17H2/b2-1+. The molecule has 2 N–H and O–H groups in total. The van der Waals surface area contributed by atoms with Crippen molar-refractivity contribution in [3.05, 3.63) is 12.2 Å². The maximum atomic E-state index is 6.13. The molecule has 0 aliphatic heterocycles. The van der Waals surface area contributed by atoms with E-state index in [0.29, 0.717) is 6.04 Å². The molecule has 0 radical (unpaired) electrons. The number of allylic oxidation sites excluding steroid dienone is 2. The monoisotopic (exact) mass is 237 g/mol. The first-order valence-electron chi connectivity index (χ1n) is 7.80. The third-order valence-corrected chi connectivity index (χ3v) is 3.81. The first kappa shape index (κ1) is 14.8. The van der Waals surface area contributed by atoms with Gasteiger partial charge >= 0.3 is 0 Å². The summed E-state index contributed by atoms with van der Waals surface area (Å²) in [6.45, 7) is 0. The summed E-state index contributed by atoms with van der Waals surface area (Å²) in [4.78, 5) is 0. The highest BCUT2D eigenvalue weighted by Gasteiger charge is 2.02. The van der Waals surface area contributed by atoms with Gasteiger partial charge in [-0.25, -0.2) is 0 Å². The molecule has 1 heteroatoms. The fourth-order valence-corrected chi connectivity index (χ4v) is 2.60. The van der Waals surface area contributed by atoms with E-state index in [-0.39, 0.29) is 0 Å². The van der Waals surface area contributed by atoms with Crippen LogP contribution in [-0.2, 0) is 0 Å². The Balaban J connectivity index is 2.16. The molecule has 1 aliphatic rings. The van der Waals surface area contributed by atoms with E-state index in [4.69, 9.17) is 5.73 Å².